The minimum absolute atomic E-state index is 0.0818. The number of aliphatic hydroxyl groups is 1. The summed E-state index contributed by atoms with van der Waals surface area (Å²) in [5, 5.41) is 10.5. The van der Waals surface area contributed by atoms with E-state index in [-0.39, 0.29) is 6.79 Å². The van der Waals surface area contributed by atoms with Crippen molar-refractivity contribution in [3.05, 3.63) is 33.8 Å². The maximum Gasteiger partial charge on any atom is 0.147 e. The maximum absolute atomic E-state index is 9.63. The highest BCUT2D eigenvalue weighted by Gasteiger charge is 2.21. The Balaban J connectivity index is 2.96. The summed E-state index contributed by atoms with van der Waals surface area (Å²) in [5.74, 6) is 0. The Kier molecular flexibility index (Phi) is 5.52. The van der Waals surface area contributed by atoms with E-state index in [1.54, 1.807) is 25.1 Å². The van der Waals surface area contributed by atoms with Crippen LogP contribution >= 0.6 is 23.2 Å². The van der Waals surface area contributed by atoms with Crippen LogP contribution in [-0.2, 0) is 9.47 Å². The number of hydrogen-bond donors (Lipinski definition) is 1. The zero-order valence-electron chi connectivity index (χ0n) is 9.11. The van der Waals surface area contributed by atoms with Crippen LogP contribution in [-0.4, -0.2) is 25.1 Å². The SMILES string of the molecule is COCO[C@@H](c1cccc(Cl)c1Cl)[C@H](C)O. The fourth-order valence-electron chi connectivity index (χ4n) is 1.37. The normalized spacial score (nSPS) is 14.8. The molecule has 0 saturated heterocycles. The highest BCUT2D eigenvalue weighted by atomic mass is 35.5. The molecule has 0 radical (unpaired) electrons. The van der Waals surface area contributed by atoms with Gasteiger partial charge in [-0.25, -0.2) is 0 Å². The fraction of sp³-hybridized carbons (Fsp3) is 0.455. The molecule has 5 heteroatoms. The van der Waals surface area contributed by atoms with Gasteiger partial charge in [0, 0.05) is 12.7 Å². The second kappa shape index (κ2) is 6.42. The highest BCUT2D eigenvalue weighted by Crippen LogP contribution is 2.33. The van der Waals surface area contributed by atoms with Crippen LogP contribution in [0.2, 0.25) is 10.0 Å². The van der Waals surface area contributed by atoms with Gasteiger partial charge in [0.2, 0.25) is 0 Å². The van der Waals surface area contributed by atoms with E-state index in [9.17, 15) is 5.11 Å². The topological polar surface area (TPSA) is 38.7 Å². The Bertz CT molecular complexity index is 342. The Morgan fingerprint density at radius 2 is 2.06 bits per heavy atom. The van der Waals surface area contributed by atoms with E-state index in [0.29, 0.717) is 15.6 Å². The Morgan fingerprint density at radius 3 is 2.62 bits per heavy atom. The summed E-state index contributed by atoms with van der Waals surface area (Å²) in [4.78, 5) is 0. The second-order valence-corrected chi connectivity index (χ2v) is 4.16. The predicted octanol–water partition coefficient (Wildman–Crippen LogP) is 3.04. The van der Waals surface area contributed by atoms with Crippen LogP contribution < -0.4 is 0 Å². The van der Waals surface area contributed by atoms with E-state index in [1.165, 1.54) is 7.11 Å². The Hall–Kier alpha value is -0.320. The summed E-state index contributed by atoms with van der Waals surface area (Å²) in [7, 11) is 1.51. The lowest BCUT2D eigenvalue weighted by Crippen LogP contribution is -2.19. The summed E-state index contributed by atoms with van der Waals surface area (Å²) in [6.45, 7) is 1.70. The number of rotatable bonds is 5. The van der Waals surface area contributed by atoms with Gasteiger partial charge in [0.15, 0.2) is 0 Å². The second-order valence-electron chi connectivity index (χ2n) is 3.38. The van der Waals surface area contributed by atoms with E-state index < -0.39 is 12.2 Å². The fourth-order valence-corrected chi connectivity index (χ4v) is 1.79. The van der Waals surface area contributed by atoms with Gasteiger partial charge in [0.25, 0.3) is 0 Å². The monoisotopic (exact) mass is 264 g/mol. The molecule has 0 saturated carbocycles. The molecule has 16 heavy (non-hydrogen) atoms. The Morgan fingerprint density at radius 1 is 1.38 bits per heavy atom. The number of halogens is 2. The highest BCUT2D eigenvalue weighted by molar-refractivity contribution is 6.42. The molecule has 0 heterocycles. The van der Waals surface area contributed by atoms with Crippen molar-refractivity contribution in [3.8, 4) is 0 Å². The molecule has 3 nitrogen and oxygen atoms in total. The van der Waals surface area contributed by atoms with Gasteiger partial charge in [0.05, 0.1) is 16.1 Å². The largest absolute Gasteiger partial charge is 0.390 e. The van der Waals surface area contributed by atoms with E-state index in [4.69, 9.17) is 32.7 Å². The molecule has 90 valence electrons. The van der Waals surface area contributed by atoms with Gasteiger partial charge in [-0.15, -0.1) is 0 Å². The van der Waals surface area contributed by atoms with E-state index >= 15 is 0 Å². The quantitative estimate of drug-likeness (QED) is 0.831. The van der Waals surface area contributed by atoms with Crippen molar-refractivity contribution < 1.29 is 14.6 Å². The van der Waals surface area contributed by atoms with Crippen LogP contribution in [0.1, 0.15) is 18.6 Å². The van der Waals surface area contributed by atoms with Crippen LogP contribution in [0.3, 0.4) is 0 Å². The van der Waals surface area contributed by atoms with Gasteiger partial charge in [0.1, 0.15) is 12.9 Å². The van der Waals surface area contributed by atoms with Crippen LogP contribution in [0.25, 0.3) is 0 Å². The first-order valence-corrected chi connectivity index (χ1v) is 5.56. The van der Waals surface area contributed by atoms with Crippen molar-refractivity contribution in [3.63, 3.8) is 0 Å². The third kappa shape index (κ3) is 3.34. The predicted molar refractivity (Wildman–Crippen MR) is 63.8 cm³/mol. The van der Waals surface area contributed by atoms with E-state index in [0.717, 1.165) is 0 Å². The number of hydrogen-bond acceptors (Lipinski definition) is 3. The molecule has 2 atom stereocenters. The first kappa shape index (κ1) is 13.7. The number of aliphatic hydroxyl groups excluding tert-OH is 1. The van der Waals surface area contributed by atoms with Crippen molar-refractivity contribution in [2.45, 2.75) is 19.1 Å². The zero-order valence-corrected chi connectivity index (χ0v) is 10.6. The molecule has 1 rings (SSSR count). The maximum atomic E-state index is 9.63. The molecule has 0 aliphatic carbocycles. The Labute approximate surface area is 105 Å². The first-order chi connectivity index (χ1) is 7.57. The minimum Gasteiger partial charge on any atom is -0.390 e. The average Bonchev–Trinajstić information content (AvgIpc) is 2.24. The van der Waals surface area contributed by atoms with Crippen molar-refractivity contribution >= 4 is 23.2 Å². The molecule has 0 fully saturated rings. The molecule has 0 unspecified atom stereocenters. The molecule has 1 aromatic carbocycles. The van der Waals surface area contributed by atoms with Crippen LogP contribution in [0, 0.1) is 0 Å². The molecular formula is C11H14Cl2O3. The molecule has 1 aromatic rings. The lowest BCUT2D eigenvalue weighted by atomic mass is 10.1. The summed E-state index contributed by atoms with van der Waals surface area (Å²) < 4.78 is 10.2. The molecule has 0 aliphatic heterocycles. The first-order valence-electron chi connectivity index (χ1n) is 4.80. The van der Waals surface area contributed by atoms with Gasteiger partial charge < -0.3 is 14.6 Å². The summed E-state index contributed by atoms with van der Waals surface area (Å²) >= 11 is 11.9. The van der Waals surface area contributed by atoms with Crippen LogP contribution in [0.15, 0.2) is 18.2 Å². The van der Waals surface area contributed by atoms with Gasteiger partial charge >= 0.3 is 0 Å². The third-order valence-corrected chi connectivity index (χ3v) is 2.93. The van der Waals surface area contributed by atoms with Gasteiger partial charge in [-0.05, 0) is 13.0 Å². The minimum atomic E-state index is -0.703. The van der Waals surface area contributed by atoms with Crippen molar-refractivity contribution in [2.75, 3.05) is 13.9 Å². The molecule has 0 spiro atoms. The van der Waals surface area contributed by atoms with Gasteiger partial charge in [-0.1, -0.05) is 35.3 Å². The lowest BCUT2D eigenvalue weighted by molar-refractivity contribution is -0.110. The summed E-state index contributed by atoms with van der Waals surface area (Å²) in [6, 6.07) is 5.21. The average molecular weight is 265 g/mol. The third-order valence-electron chi connectivity index (χ3n) is 2.09. The summed E-state index contributed by atoms with van der Waals surface area (Å²) in [6.07, 6.45) is -1.25. The van der Waals surface area contributed by atoms with E-state index in [2.05, 4.69) is 0 Å². The zero-order chi connectivity index (χ0) is 12.1. The number of benzene rings is 1. The molecule has 1 N–H and O–H groups in total. The van der Waals surface area contributed by atoms with Crippen LogP contribution in [0.4, 0.5) is 0 Å². The molecule has 0 aliphatic rings. The van der Waals surface area contributed by atoms with Gasteiger partial charge in [-0.2, -0.15) is 0 Å². The standard InChI is InChI=1S/C11H14Cl2O3/c1-7(14)11(16-6-15-2)8-4-3-5-9(12)10(8)13/h3-5,7,11,14H,6H2,1-2H3/t7-,11+/m0/s1. The smallest absolute Gasteiger partial charge is 0.147 e. The van der Waals surface area contributed by atoms with E-state index in [1.807, 2.05) is 0 Å². The number of ether oxygens (including phenoxy) is 2. The lowest BCUT2D eigenvalue weighted by Gasteiger charge is -2.21. The molecule has 0 amide bonds. The molecular weight excluding hydrogens is 251 g/mol. The summed E-state index contributed by atoms with van der Waals surface area (Å²) in [5.41, 5.74) is 0.654. The molecule has 0 aromatic heterocycles. The van der Waals surface area contributed by atoms with Crippen molar-refractivity contribution in [2.24, 2.45) is 0 Å². The number of methoxy groups -OCH3 is 1. The molecule has 0 bridgehead atoms. The van der Waals surface area contributed by atoms with Crippen molar-refractivity contribution in [1.82, 2.24) is 0 Å². The van der Waals surface area contributed by atoms with Crippen LogP contribution in [0.5, 0.6) is 0 Å². The van der Waals surface area contributed by atoms with Gasteiger partial charge in [-0.3, -0.25) is 0 Å². The van der Waals surface area contributed by atoms with Crippen molar-refractivity contribution in [1.29, 1.82) is 0 Å².